The number of amides is 1. The largest absolute Gasteiger partial charge is 0.490 e. The maximum atomic E-state index is 12.9. The fraction of sp³-hybridized carbons (Fsp3) is 0.350. The van der Waals surface area contributed by atoms with Crippen LogP contribution < -0.4 is 4.74 Å². The van der Waals surface area contributed by atoms with Crippen molar-refractivity contribution in [1.29, 1.82) is 0 Å². The van der Waals surface area contributed by atoms with E-state index in [9.17, 15) is 18.0 Å². The third-order valence-corrected chi connectivity index (χ3v) is 4.65. The van der Waals surface area contributed by atoms with Gasteiger partial charge in [-0.3, -0.25) is 9.48 Å². The van der Waals surface area contributed by atoms with E-state index < -0.39 is 12.1 Å². The van der Waals surface area contributed by atoms with Crippen molar-refractivity contribution in [1.82, 2.24) is 29.2 Å². The highest BCUT2D eigenvalue weighted by atomic mass is 19.4. The van der Waals surface area contributed by atoms with Crippen molar-refractivity contribution in [2.75, 3.05) is 13.2 Å². The Morgan fingerprint density at radius 2 is 2.00 bits per heavy atom. The molecule has 0 aliphatic carbocycles. The molecule has 176 valence electrons. The number of rotatable bonds is 4. The lowest BCUT2D eigenvalue weighted by atomic mass is 10.1. The van der Waals surface area contributed by atoms with Crippen LogP contribution in [0.25, 0.3) is 0 Å². The van der Waals surface area contributed by atoms with Crippen LogP contribution in [0.5, 0.6) is 5.88 Å². The zero-order chi connectivity index (χ0) is 24.0. The van der Waals surface area contributed by atoms with Gasteiger partial charge in [-0.25, -0.2) is 14.8 Å². The molecule has 0 spiro atoms. The lowest BCUT2D eigenvalue weighted by molar-refractivity contribution is -0.192. The van der Waals surface area contributed by atoms with Crippen molar-refractivity contribution < 1.29 is 32.6 Å². The summed E-state index contributed by atoms with van der Waals surface area (Å²) in [5.74, 6) is -2.12. The normalized spacial score (nSPS) is 15.6. The molecule has 1 aliphatic rings. The first-order chi connectivity index (χ1) is 15.6. The number of nitrogens with zero attached hydrogens (tertiary/aromatic N) is 6. The molecule has 1 amide bonds. The second-order valence-electron chi connectivity index (χ2n) is 7.25. The number of imidazole rings is 1. The number of ether oxygens (including phenoxy) is 1. The van der Waals surface area contributed by atoms with Gasteiger partial charge in [0.05, 0.1) is 25.2 Å². The van der Waals surface area contributed by atoms with Crippen molar-refractivity contribution in [3.8, 4) is 5.88 Å². The van der Waals surface area contributed by atoms with Crippen molar-refractivity contribution >= 4 is 11.9 Å². The second-order valence-corrected chi connectivity index (χ2v) is 7.25. The number of carbonyl (C=O) groups excluding carboxylic acids is 1. The monoisotopic (exact) mass is 466 g/mol. The number of halogens is 3. The predicted octanol–water partition coefficient (Wildman–Crippen LogP) is 2.00. The Morgan fingerprint density at radius 1 is 1.24 bits per heavy atom. The Morgan fingerprint density at radius 3 is 2.61 bits per heavy atom. The molecule has 4 heterocycles. The molecule has 0 radical (unpaired) electrons. The van der Waals surface area contributed by atoms with E-state index in [0.29, 0.717) is 31.3 Å². The van der Waals surface area contributed by atoms with E-state index in [1.807, 2.05) is 23.1 Å². The van der Waals surface area contributed by atoms with Gasteiger partial charge in [-0.2, -0.15) is 18.3 Å². The number of carboxylic acid groups (broad SMARTS) is 1. The summed E-state index contributed by atoms with van der Waals surface area (Å²) in [7, 11) is 1.80. The lowest BCUT2D eigenvalue weighted by Crippen LogP contribution is -2.36. The van der Waals surface area contributed by atoms with E-state index in [0.717, 1.165) is 12.2 Å². The van der Waals surface area contributed by atoms with E-state index in [2.05, 4.69) is 19.6 Å². The van der Waals surface area contributed by atoms with Gasteiger partial charge in [0, 0.05) is 50.7 Å². The Labute approximate surface area is 186 Å². The number of pyridine rings is 1. The Bertz CT molecular complexity index is 1080. The van der Waals surface area contributed by atoms with Crippen LogP contribution in [-0.4, -0.2) is 65.5 Å². The molecule has 4 rings (SSSR count). The highest BCUT2D eigenvalue weighted by Gasteiger charge is 2.38. The summed E-state index contributed by atoms with van der Waals surface area (Å²) in [6, 6.07) is 7.31. The molecular weight excluding hydrogens is 445 g/mol. The topological polar surface area (TPSA) is 115 Å². The molecule has 0 saturated carbocycles. The van der Waals surface area contributed by atoms with Crippen LogP contribution >= 0.6 is 0 Å². The van der Waals surface area contributed by atoms with Crippen LogP contribution in [0.3, 0.4) is 0 Å². The van der Waals surface area contributed by atoms with E-state index >= 15 is 0 Å². The van der Waals surface area contributed by atoms with Gasteiger partial charge in [0.1, 0.15) is 5.69 Å². The van der Waals surface area contributed by atoms with Crippen molar-refractivity contribution in [3.63, 3.8) is 0 Å². The molecule has 3 aromatic heterocycles. The van der Waals surface area contributed by atoms with Gasteiger partial charge in [-0.15, -0.1) is 0 Å². The molecular formula is C20H21F3N6O4. The number of hydrogen-bond acceptors (Lipinski definition) is 6. The summed E-state index contributed by atoms with van der Waals surface area (Å²) in [5, 5.41) is 11.4. The van der Waals surface area contributed by atoms with Gasteiger partial charge < -0.3 is 19.3 Å². The summed E-state index contributed by atoms with van der Waals surface area (Å²) >= 11 is 0. The molecule has 1 atom stereocenters. The second kappa shape index (κ2) is 10.1. The molecule has 1 N–H and O–H groups in total. The number of aliphatic carboxylic acids is 1. The molecule has 0 saturated heterocycles. The third-order valence-electron chi connectivity index (χ3n) is 4.65. The molecule has 0 bridgehead atoms. The summed E-state index contributed by atoms with van der Waals surface area (Å²) in [6.45, 7) is 2.31. The minimum absolute atomic E-state index is 0.0805. The van der Waals surface area contributed by atoms with Crippen LogP contribution in [0.1, 0.15) is 16.2 Å². The van der Waals surface area contributed by atoms with E-state index in [-0.39, 0.29) is 11.8 Å². The third kappa shape index (κ3) is 6.54. The van der Waals surface area contributed by atoms with Crippen molar-refractivity contribution in [2.45, 2.75) is 19.3 Å². The quantitative estimate of drug-likeness (QED) is 0.625. The summed E-state index contributed by atoms with van der Waals surface area (Å²) in [6.07, 6.45) is 2.00. The first-order valence-electron chi connectivity index (χ1n) is 9.75. The number of fused-ring (bicyclic) bond motifs is 1. The minimum atomic E-state index is -5.08. The molecule has 10 nitrogen and oxygen atoms in total. The number of carbonyl (C=O) groups is 2. The lowest BCUT2D eigenvalue weighted by Gasteiger charge is -2.23. The van der Waals surface area contributed by atoms with E-state index in [1.54, 1.807) is 42.7 Å². The maximum absolute atomic E-state index is 12.9. The summed E-state index contributed by atoms with van der Waals surface area (Å²) < 4.78 is 41.3. The van der Waals surface area contributed by atoms with Crippen LogP contribution in [0.4, 0.5) is 13.2 Å². The highest BCUT2D eigenvalue weighted by Crippen LogP contribution is 2.19. The zero-order valence-corrected chi connectivity index (χ0v) is 17.5. The number of hydrogen-bond donors (Lipinski definition) is 1. The highest BCUT2D eigenvalue weighted by molar-refractivity contribution is 5.92. The minimum Gasteiger partial charge on any atom is -0.477 e. The molecule has 0 fully saturated rings. The fourth-order valence-electron chi connectivity index (χ4n) is 3.14. The Hall–Kier alpha value is -3.90. The van der Waals surface area contributed by atoms with Crippen molar-refractivity contribution in [3.05, 3.63) is 60.6 Å². The molecule has 33 heavy (non-hydrogen) atoms. The number of carboxylic acids is 1. The molecule has 3 aromatic rings. The van der Waals surface area contributed by atoms with Gasteiger partial charge in [0.25, 0.3) is 5.91 Å². The maximum Gasteiger partial charge on any atom is 0.490 e. The SMILES string of the molecule is Cn1ccc(C(=O)N2Cc3cncn3CC(COc3ccccn3)C2)n1.O=C(O)C(F)(F)F. The van der Waals surface area contributed by atoms with Gasteiger partial charge in [0.2, 0.25) is 5.88 Å². The van der Waals surface area contributed by atoms with Crippen LogP contribution in [0.15, 0.2) is 49.2 Å². The van der Waals surface area contributed by atoms with Crippen LogP contribution in [0, 0.1) is 5.92 Å². The fourth-order valence-corrected chi connectivity index (χ4v) is 3.14. The number of aryl methyl sites for hydroxylation is 1. The van der Waals surface area contributed by atoms with Gasteiger partial charge in [-0.05, 0) is 12.1 Å². The molecule has 1 unspecified atom stereocenters. The first-order valence-corrected chi connectivity index (χ1v) is 9.75. The predicted molar refractivity (Wildman–Crippen MR) is 107 cm³/mol. The Kier molecular flexibility index (Phi) is 7.30. The number of aromatic nitrogens is 5. The van der Waals surface area contributed by atoms with Gasteiger partial charge in [0.15, 0.2) is 0 Å². The van der Waals surface area contributed by atoms with Crippen LogP contribution in [0.2, 0.25) is 0 Å². The van der Waals surface area contributed by atoms with E-state index in [4.69, 9.17) is 14.6 Å². The van der Waals surface area contributed by atoms with E-state index in [1.165, 1.54) is 0 Å². The summed E-state index contributed by atoms with van der Waals surface area (Å²) in [5.41, 5.74) is 1.46. The van der Waals surface area contributed by atoms with Gasteiger partial charge in [-0.1, -0.05) is 6.07 Å². The number of alkyl halides is 3. The van der Waals surface area contributed by atoms with Crippen LogP contribution in [-0.2, 0) is 24.9 Å². The van der Waals surface area contributed by atoms with Crippen molar-refractivity contribution in [2.24, 2.45) is 13.0 Å². The first kappa shape index (κ1) is 23.8. The standard InChI is InChI=1S/C18H20N6O2.C2HF3O2/c1-22-7-5-16(21-22)18(25)23-9-14(10-24-13-19-8-15(24)11-23)12-26-17-4-2-3-6-20-17;3-2(4,5)1(6)7/h2-8,13-14H,9-12H2,1H3;(H,6,7). The smallest absolute Gasteiger partial charge is 0.477 e. The average Bonchev–Trinajstić information content (AvgIpc) is 3.36. The molecule has 1 aliphatic heterocycles. The Balaban J connectivity index is 0.000000383. The summed E-state index contributed by atoms with van der Waals surface area (Å²) in [4.78, 5) is 32.0. The van der Waals surface area contributed by atoms with Gasteiger partial charge >= 0.3 is 12.1 Å². The zero-order valence-electron chi connectivity index (χ0n) is 17.5. The molecule has 0 aromatic carbocycles. The molecule has 13 heteroatoms. The average molecular weight is 466 g/mol.